The van der Waals surface area contributed by atoms with Crippen molar-refractivity contribution in [1.82, 2.24) is 15.0 Å². The van der Waals surface area contributed by atoms with Crippen LogP contribution in [0.15, 0.2) is 54.7 Å². The van der Waals surface area contributed by atoms with E-state index in [4.69, 9.17) is 21.1 Å². The average Bonchev–Trinajstić information content (AvgIpc) is 3.18. The highest BCUT2D eigenvalue weighted by Gasteiger charge is 2.14. The molecule has 6 nitrogen and oxygen atoms in total. The Labute approximate surface area is 172 Å². The Morgan fingerprint density at radius 2 is 1.83 bits per heavy atom. The van der Waals surface area contributed by atoms with Crippen LogP contribution in [0.3, 0.4) is 0 Å². The minimum absolute atomic E-state index is 0.0539. The SMILES string of the molecule is COc1cc(OC)cc(C(=O)Cc2ccc(Cl)c(-c3nc4ncccc4[nH]3)c2)c1. The summed E-state index contributed by atoms with van der Waals surface area (Å²) >= 11 is 6.39. The fourth-order valence-corrected chi connectivity index (χ4v) is 3.30. The molecular formula is C22H18ClN3O3. The van der Waals surface area contributed by atoms with Gasteiger partial charge in [0.15, 0.2) is 11.4 Å². The Hall–Kier alpha value is -3.38. The van der Waals surface area contributed by atoms with E-state index >= 15 is 0 Å². The van der Waals surface area contributed by atoms with Gasteiger partial charge in [-0.1, -0.05) is 17.7 Å². The Morgan fingerprint density at radius 3 is 2.52 bits per heavy atom. The van der Waals surface area contributed by atoms with Crippen molar-refractivity contribution in [2.45, 2.75) is 6.42 Å². The van der Waals surface area contributed by atoms with Gasteiger partial charge in [0, 0.05) is 29.8 Å². The summed E-state index contributed by atoms with van der Waals surface area (Å²) in [5.74, 6) is 1.70. The molecule has 0 saturated carbocycles. The van der Waals surface area contributed by atoms with Gasteiger partial charge in [-0.15, -0.1) is 0 Å². The van der Waals surface area contributed by atoms with E-state index in [1.807, 2.05) is 24.3 Å². The van der Waals surface area contributed by atoms with E-state index in [0.29, 0.717) is 33.6 Å². The number of imidazole rings is 1. The maximum Gasteiger partial charge on any atom is 0.178 e. The largest absolute Gasteiger partial charge is 0.497 e. The first-order valence-electron chi connectivity index (χ1n) is 8.93. The number of aromatic amines is 1. The van der Waals surface area contributed by atoms with E-state index in [1.54, 1.807) is 44.7 Å². The van der Waals surface area contributed by atoms with Gasteiger partial charge in [-0.25, -0.2) is 9.97 Å². The lowest BCUT2D eigenvalue weighted by Crippen LogP contribution is -2.05. The number of H-pyrrole nitrogens is 1. The number of rotatable bonds is 6. The molecule has 29 heavy (non-hydrogen) atoms. The molecule has 0 radical (unpaired) electrons. The average molecular weight is 408 g/mol. The number of carbonyl (C=O) groups is 1. The van der Waals surface area contributed by atoms with E-state index in [9.17, 15) is 4.79 Å². The molecule has 2 aromatic carbocycles. The van der Waals surface area contributed by atoms with Crippen molar-refractivity contribution in [3.8, 4) is 22.9 Å². The van der Waals surface area contributed by atoms with E-state index in [1.165, 1.54) is 0 Å². The molecule has 2 heterocycles. The zero-order chi connectivity index (χ0) is 20.4. The second-order valence-electron chi connectivity index (χ2n) is 6.48. The Bertz CT molecular complexity index is 1150. The first kappa shape index (κ1) is 19.0. The van der Waals surface area contributed by atoms with E-state index in [-0.39, 0.29) is 12.2 Å². The van der Waals surface area contributed by atoms with Gasteiger partial charge in [0.25, 0.3) is 0 Å². The molecule has 1 N–H and O–H groups in total. The monoisotopic (exact) mass is 407 g/mol. The highest BCUT2D eigenvalue weighted by atomic mass is 35.5. The zero-order valence-corrected chi connectivity index (χ0v) is 16.7. The number of methoxy groups -OCH3 is 2. The standard InChI is InChI=1S/C22H18ClN3O3/c1-28-15-10-14(11-16(12-15)29-2)20(27)9-13-5-6-18(23)17(8-13)21-25-19-4-3-7-24-22(19)26-21/h3-8,10-12H,9H2,1-2H3,(H,24,25,26). The predicted molar refractivity (Wildman–Crippen MR) is 112 cm³/mol. The summed E-state index contributed by atoms with van der Waals surface area (Å²) in [6.07, 6.45) is 1.89. The molecule has 2 aromatic heterocycles. The lowest BCUT2D eigenvalue weighted by atomic mass is 10.0. The molecule has 0 saturated heterocycles. The maximum absolute atomic E-state index is 12.8. The minimum atomic E-state index is -0.0539. The second kappa shape index (κ2) is 7.93. The molecular weight excluding hydrogens is 390 g/mol. The number of benzene rings is 2. The van der Waals surface area contributed by atoms with Crippen LogP contribution in [0.25, 0.3) is 22.6 Å². The summed E-state index contributed by atoms with van der Waals surface area (Å²) in [6.45, 7) is 0. The van der Waals surface area contributed by atoms with Crippen molar-refractivity contribution in [3.05, 3.63) is 70.9 Å². The normalized spacial score (nSPS) is 10.9. The number of hydrogen-bond acceptors (Lipinski definition) is 5. The molecule has 7 heteroatoms. The lowest BCUT2D eigenvalue weighted by molar-refractivity contribution is 0.0992. The van der Waals surface area contributed by atoms with Gasteiger partial charge in [-0.3, -0.25) is 4.79 Å². The van der Waals surface area contributed by atoms with Crippen molar-refractivity contribution in [2.75, 3.05) is 14.2 Å². The third-order valence-electron chi connectivity index (χ3n) is 4.58. The number of carbonyl (C=O) groups excluding carboxylic acids is 1. The molecule has 0 bridgehead atoms. The number of Topliss-reactive ketones (excluding diaryl/α,β-unsaturated/α-hetero) is 1. The van der Waals surface area contributed by atoms with Crippen molar-refractivity contribution in [3.63, 3.8) is 0 Å². The van der Waals surface area contributed by atoms with Crippen molar-refractivity contribution < 1.29 is 14.3 Å². The number of fused-ring (bicyclic) bond motifs is 1. The van der Waals surface area contributed by atoms with Crippen LogP contribution in [-0.4, -0.2) is 35.0 Å². The van der Waals surface area contributed by atoms with E-state index < -0.39 is 0 Å². The van der Waals surface area contributed by atoms with Crippen LogP contribution in [0.2, 0.25) is 5.02 Å². The summed E-state index contributed by atoms with van der Waals surface area (Å²) in [5.41, 5.74) is 3.50. The van der Waals surface area contributed by atoms with Crippen LogP contribution in [0.5, 0.6) is 11.5 Å². The number of aromatic nitrogens is 3. The fourth-order valence-electron chi connectivity index (χ4n) is 3.09. The molecule has 4 rings (SSSR count). The number of ketones is 1. The van der Waals surface area contributed by atoms with Crippen LogP contribution in [0.1, 0.15) is 15.9 Å². The van der Waals surface area contributed by atoms with E-state index in [0.717, 1.165) is 16.6 Å². The second-order valence-corrected chi connectivity index (χ2v) is 6.88. The molecule has 0 fully saturated rings. The number of nitrogens with one attached hydrogen (secondary N) is 1. The van der Waals surface area contributed by atoms with Crippen LogP contribution in [0.4, 0.5) is 0 Å². The molecule has 0 unspecified atom stereocenters. The zero-order valence-electron chi connectivity index (χ0n) is 15.9. The summed E-state index contributed by atoms with van der Waals surface area (Å²) in [4.78, 5) is 24.8. The number of pyridine rings is 1. The highest BCUT2D eigenvalue weighted by molar-refractivity contribution is 6.33. The smallest absolute Gasteiger partial charge is 0.178 e. The molecule has 0 aliphatic heterocycles. The summed E-state index contributed by atoms with van der Waals surface area (Å²) in [7, 11) is 3.10. The number of halogens is 1. The first-order valence-corrected chi connectivity index (χ1v) is 9.31. The molecule has 0 atom stereocenters. The highest BCUT2D eigenvalue weighted by Crippen LogP contribution is 2.29. The molecule has 4 aromatic rings. The van der Waals surface area contributed by atoms with Crippen LogP contribution in [-0.2, 0) is 6.42 Å². The third-order valence-corrected chi connectivity index (χ3v) is 4.91. The minimum Gasteiger partial charge on any atom is -0.497 e. The van der Waals surface area contributed by atoms with Gasteiger partial charge in [0.1, 0.15) is 17.3 Å². The lowest BCUT2D eigenvalue weighted by Gasteiger charge is -2.09. The van der Waals surface area contributed by atoms with Crippen LogP contribution < -0.4 is 9.47 Å². The summed E-state index contributed by atoms with van der Waals surface area (Å²) in [6, 6.07) is 14.3. The third kappa shape index (κ3) is 3.93. The Kier molecular flexibility index (Phi) is 5.18. The molecule has 0 aliphatic rings. The van der Waals surface area contributed by atoms with Crippen LogP contribution >= 0.6 is 11.6 Å². The summed E-state index contributed by atoms with van der Waals surface area (Å²) in [5, 5.41) is 0.545. The number of hydrogen-bond donors (Lipinski definition) is 1. The van der Waals surface area contributed by atoms with Crippen molar-refractivity contribution in [1.29, 1.82) is 0 Å². The van der Waals surface area contributed by atoms with Crippen LogP contribution in [0, 0.1) is 0 Å². The molecule has 146 valence electrons. The van der Waals surface area contributed by atoms with Gasteiger partial charge in [0.05, 0.1) is 24.8 Å². The Morgan fingerprint density at radius 1 is 1.07 bits per heavy atom. The van der Waals surface area contributed by atoms with E-state index in [2.05, 4.69) is 15.0 Å². The topological polar surface area (TPSA) is 77.1 Å². The van der Waals surface area contributed by atoms with Gasteiger partial charge in [-0.2, -0.15) is 0 Å². The van der Waals surface area contributed by atoms with Gasteiger partial charge in [0.2, 0.25) is 0 Å². The summed E-state index contributed by atoms with van der Waals surface area (Å²) < 4.78 is 10.5. The molecule has 0 spiro atoms. The van der Waals surface area contributed by atoms with Gasteiger partial charge < -0.3 is 14.5 Å². The number of nitrogens with zero attached hydrogens (tertiary/aromatic N) is 2. The van der Waals surface area contributed by atoms with Crippen molar-refractivity contribution >= 4 is 28.5 Å². The van der Waals surface area contributed by atoms with Gasteiger partial charge in [-0.05, 0) is 42.0 Å². The molecule has 0 amide bonds. The van der Waals surface area contributed by atoms with Gasteiger partial charge >= 0.3 is 0 Å². The first-order chi connectivity index (χ1) is 14.1. The van der Waals surface area contributed by atoms with Crippen molar-refractivity contribution in [2.24, 2.45) is 0 Å². The Balaban J connectivity index is 1.65. The number of ether oxygens (including phenoxy) is 2. The predicted octanol–water partition coefficient (Wildman–Crippen LogP) is 4.72. The maximum atomic E-state index is 12.8. The molecule has 0 aliphatic carbocycles. The fraction of sp³-hybridized carbons (Fsp3) is 0.136. The quantitative estimate of drug-likeness (QED) is 0.468.